The summed E-state index contributed by atoms with van der Waals surface area (Å²) in [5, 5.41) is 0. The summed E-state index contributed by atoms with van der Waals surface area (Å²) in [6.07, 6.45) is 0. The van der Waals surface area contributed by atoms with Crippen LogP contribution in [0.15, 0.2) is 12.1 Å². The van der Waals surface area contributed by atoms with E-state index < -0.39 is 20.1 Å². The Kier molecular flexibility index (Phi) is 6.12. The number of benzene rings is 1. The number of halogens is 2. The quantitative estimate of drug-likeness (QED) is 0.426. The van der Waals surface area contributed by atoms with E-state index in [4.69, 9.17) is 8.91 Å². The molecule has 0 saturated carbocycles. The second kappa shape index (κ2) is 5.66. The molecule has 0 unspecified atom stereocenters. The van der Waals surface area contributed by atoms with Crippen molar-refractivity contribution in [3.63, 3.8) is 0 Å². The third kappa shape index (κ3) is 3.04. The predicted molar refractivity (Wildman–Crippen MR) is 60.6 cm³/mol. The van der Waals surface area contributed by atoms with E-state index in [1.165, 1.54) is 20.3 Å². The van der Waals surface area contributed by atoms with Crippen LogP contribution in [0.5, 0.6) is 0 Å². The normalized spacial score (nSPS) is 9.67. The van der Waals surface area contributed by atoms with Gasteiger partial charge in [0.2, 0.25) is 0 Å². The average Bonchev–Trinajstić information content (AvgIpc) is 1.85. The minimum atomic E-state index is -0.438. The molecule has 73 valence electrons. The molecule has 0 N–H and O–H groups in total. The van der Waals surface area contributed by atoms with Crippen LogP contribution in [-0.4, -0.2) is 0 Å². The summed E-state index contributed by atoms with van der Waals surface area (Å²) in [5.74, 6) is 0. The van der Waals surface area contributed by atoms with Crippen LogP contribution in [0.25, 0.3) is 0 Å². The number of hydrogen-bond acceptors (Lipinski definition) is 0. The number of hydrogen-bond donors (Lipinski definition) is 0. The van der Waals surface area contributed by atoms with Crippen molar-refractivity contribution in [2.24, 2.45) is 0 Å². The maximum absolute atomic E-state index is 5.92. The van der Waals surface area contributed by atoms with Crippen molar-refractivity contribution in [2.75, 3.05) is 0 Å². The van der Waals surface area contributed by atoms with E-state index in [1.807, 2.05) is 0 Å². The Morgan fingerprint density at radius 2 is 1.50 bits per heavy atom. The standard InChI is InChI=1S/C9H12ClI.Au/c1-6-4-7(2)9(11-10)8(3)5-6;/h4-5,11H,1-3H3;. The van der Waals surface area contributed by atoms with Crippen LogP contribution in [-0.2, 0) is 22.4 Å². The maximum Gasteiger partial charge on any atom is 0 e. The number of rotatable bonds is 1. The van der Waals surface area contributed by atoms with Crippen molar-refractivity contribution in [3.05, 3.63) is 32.4 Å². The Labute approximate surface area is 104 Å². The maximum atomic E-state index is 5.92. The molecule has 1 radical (unpaired) electrons. The number of aryl methyl sites for hydroxylation is 3. The van der Waals surface area contributed by atoms with Crippen LogP contribution in [0.3, 0.4) is 0 Å². The summed E-state index contributed by atoms with van der Waals surface area (Å²) >= 11 is -0.438. The Morgan fingerprint density at radius 1 is 1.08 bits per heavy atom. The summed E-state index contributed by atoms with van der Waals surface area (Å²) in [7, 11) is 5.92. The average molecular weight is 480 g/mol. The first-order valence-electron chi connectivity index (χ1n) is 3.51. The van der Waals surface area contributed by atoms with Gasteiger partial charge in [0, 0.05) is 22.4 Å². The van der Waals surface area contributed by atoms with Gasteiger partial charge in [-0.2, -0.15) is 0 Å². The van der Waals surface area contributed by atoms with E-state index in [-0.39, 0.29) is 22.4 Å². The Hall–Kier alpha value is 0.980. The summed E-state index contributed by atoms with van der Waals surface area (Å²) in [6, 6.07) is 4.41. The molecule has 1 aromatic rings. The predicted octanol–water partition coefficient (Wildman–Crippen LogP) is 3.64. The summed E-state index contributed by atoms with van der Waals surface area (Å²) in [5.41, 5.74) is 4.06. The van der Waals surface area contributed by atoms with Gasteiger partial charge in [-0.15, -0.1) is 0 Å². The van der Waals surface area contributed by atoms with Gasteiger partial charge in [0.25, 0.3) is 0 Å². The van der Waals surface area contributed by atoms with Crippen LogP contribution in [0.4, 0.5) is 0 Å². The van der Waals surface area contributed by atoms with Gasteiger partial charge in [-0.05, 0) is 0 Å². The molecule has 1 aromatic carbocycles. The molecule has 0 aliphatic carbocycles. The molecule has 0 bridgehead atoms. The fourth-order valence-electron chi connectivity index (χ4n) is 1.29. The fourth-order valence-corrected chi connectivity index (χ4v) is 3.95. The van der Waals surface area contributed by atoms with Crippen LogP contribution >= 0.6 is 29.0 Å². The van der Waals surface area contributed by atoms with Crippen molar-refractivity contribution >= 4 is 29.0 Å². The minimum absolute atomic E-state index is 0. The van der Waals surface area contributed by atoms with Gasteiger partial charge in [0.1, 0.15) is 0 Å². The molecule has 0 atom stereocenters. The molecule has 0 fully saturated rings. The van der Waals surface area contributed by atoms with Crippen LogP contribution in [0, 0.1) is 24.3 Å². The summed E-state index contributed by atoms with van der Waals surface area (Å²) in [6.45, 7) is 6.41. The monoisotopic (exact) mass is 479 g/mol. The molecule has 0 aliphatic heterocycles. The van der Waals surface area contributed by atoms with Crippen molar-refractivity contribution < 1.29 is 22.4 Å². The van der Waals surface area contributed by atoms with Gasteiger partial charge in [-0.3, -0.25) is 0 Å². The summed E-state index contributed by atoms with van der Waals surface area (Å²) in [4.78, 5) is 0. The molecule has 0 heterocycles. The smallest absolute Gasteiger partial charge is 0 e. The van der Waals surface area contributed by atoms with Gasteiger partial charge < -0.3 is 0 Å². The fraction of sp³-hybridized carbons (Fsp3) is 0.333. The zero-order valence-electron chi connectivity index (χ0n) is 7.24. The summed E-state index contributed by atoms with van der Waals surface area (Å²) < 4.78 is 1.41. The van der Waals surface area contributed by atoms with E-state index in [1.54, 1.807) is 0 Å². The van der Waals surface area contributed by atoms with Gasteiger partial charge in [-0.1, -0.05) is 0 Å². The third-order valence-electron chi connectivity index (χ3n) is 1.68. The molecule has 0 aliphatic rings. The zero-order chi connectivity index (χ0) is 8.43. The molecule has 0 nitrogen and oxygen atoms in total. The molecular weight excluding hydrogens is 467 g/mol. The molecule has 0 saturated heterocycles. The third-order valence-corrected chi connectivity index (χ3v) is 5.00. The van der Waals surface area contributed by atoms with Gasteiger partial charge >= 0.3 is 82.1 Å². The van der Waals surface area contributed by atoms with E-state index in [0.717, 1.165) is 0 Å². The van der Waals surface area contributed by atoms with Crippen LogP contribution in [0.2, 0.25) is 0 Å². The Morgan fingerprint density at radius 3 is 1.83 bits per heavy atom. The van der Waals surface area contributed by atoms with Crippen LogP contribution in [0.1, 0.15) is 16.7 Å². The zero-order valence-corrected chi connectivity index (χ0v) is 12.5. The molecular formula is C9H12AuClI. The van der Waals surface area contributed by atoms with Gasteiger partial charge in [0.15, 0.2) is 0 Å². The minimum Gasteiger partial charge on any atom is 0 e. The Balaban J connectivity index is 0.00000121. The van der Waals surface area contributed by atoms with Crippen molar-refractivity contribution in [2.45, 2.75) is 20.8 Å². The van der Waals surface area contributed by atoms with Gasteiger partial charge in [0.05, 0.1) is 0 Å². The molecule has 3 heteroatoms. The topological polar surface area (TPSA) is 0 Å². The second-order valence-electron chi connectivity index (χ2n) is 2.80. The molecule has 1 rings (SSSR count). The van der Waals surface area contributed by atoms with E-state index in [2.05, 4.69) is 32.9 Å². The van der Waals surface area contributed by atoms with Gasteiger partial charge in [-0.25, -0.2) is 0 Å². The van der Waals surface area contributed by atoms with Crippen molar-refractivity contribution in [1.29, 1.82) is 0 Å². The van der Waals surface area contributed by atoms with Crippen molar-refractivity contribution in [3.8, 4) is 0 Å². The SMILES string of the molecule is Cc1cc(C)c([IH]Cl)c(C)c1.[Au]. The largest absolute Gasteiger partial charge is 0 e. The molecule has 0 amide bonds. The first-order chi connectivity index (χ1) is 5.15. The second-order valence-corrected chi connectivity index (χ2v) is 5.45. The molecule has 0 spiro atoms. The van der Waals surface area contributed by atoms with E-state index >= 15 is 0 Å². The Bertz CT molecular complexity index is 250. The first kappa shape index (κ1) is 13.0. The van der Waals surface area contributed by atoms with Crippen LogP contribution < -0.4 is 0 Å². The van der Waals surface area contributed by atoms with Crippen molar-refractivity contribution in [1.82, 2.24) is 0 Å². The van der Waals surface area contributed by atoms with E-state index in [0.29, 0.717) is 0 Å². The first-order valence-corrected chi connectivity index (χ1v) is 7.63. The molecule has 12 heavy (non-hydrogen) atoms. The van der Waals surface area contributed by atoms with E-state index in [9.17, 15) is 0 Å². The molecule has 0 aromatic heterocycles.